The van der Waals surface area contributed by atoms with Crippen LogP contribution < -0.4 is 0 Å². The van der Waals surface area contributed by atoms with Gasteiger partial charge in [-0.2, -0.15) is 0 Å². The summed E-state index contributed by atoms with van der Waals surface area (Å²) in [6.45, 7) is 4.37. The monoisotopic (exact) mass is 274 g/mol. The second-order valence-corrected chi connectivity index (χ2v) is 5.68. The number of hydrogen-bond donors (Lipinski definition) is 0. The summed E-state index contributed by atoms with van der Waals surface area (Å²) in [5.41, 5.74) is 1.33. The summed E-state index contributed by atoms with van der Waals surface area (Å²) in [6, 6.07) is 6.91. The van der Waals surface area contributed by atoms with E-state index in [-0.39, 0.29) is 5.78 Å². The molecule has 0 aliphatic rings. The van der Waals surface area contributed by atoms with Gasteiger partial charge in [-0.15, -0.1) is 0 Å². The molecule has 1 rings (SSSR count). The Morgan fingerprint density at radius 1 is 1.10 bits per heavy atom. The van der Waals surface area contributed by atoms with Gasteiger partial charge in [0.2, 0.25) is 0 Å². The molecule has 0 heterocycles. The average Bonchev–Trinajstić information content (AvgIpc) is 2.47. The fourth-order valence-corrected chi connectivity index (χ4v) is 2.38. The molecular formula is C18H26O2. The summed E-state index contributed by atoms with van der Waals surface area (Å²) in [7, 11) is 0. The molecule has 110 valence electrons. The van der Waals surface area contributed by atoms with Crippen molar-refractivity contribution in [3.8, 4) is 0 Å². The van der Waals surface area contributed by atoms with Crippen LogP contribution in [0.25, 0.3) is 0 Å². The molecule has 0 aliphatic carbocycles. The van der Waals surface area contributed by atoms with Crippen LogP contribution in [0, 0.1) is 5.92 Å². The Bertz CT molecular complexity index is 406. The number of aldehydes is 1. The highest BCUT2D eigenvalue weighted by molar-refractivity contribution is 5.96. The van der Waals surface area contributed by atoms with E-state index in [2.05, 4.69) is 13.8 Å². The zero-order chi connectivity index (χ0) is 14.8. The van der Waals surface area contributed by atoms with Crippen molar-refractivity contribution in [2.45, 2.75) is 58.8 Å². The molecule has 0 aliphatic heterocycles. The van der Waals surface area contributed by atoms with Crippen molar-refractivity contribution in [2.75, 3.05) is 0 Å². The number of Topliss-reactive ketones (excluding diaryl/α,β-unsaturated/α-hetero) is 1. The Balaban J connectivity index is 2.31. The van der Waals surface area contributed by atoms with Crippen molar-refractivity contribution in [1.29, 1.82) is 0 Å². The number of carbonyl (C=O) groups is 2. The maximum Gasteiger partial charge on any atom is 0.163 e. The molecule has 1 aromatic carbocycles. The summed E-state index contributed by atoms with van der Waals surface area (Å²) in [5, 5.41) is 0. The Morgan fingerprint density at radius 3 is 2.35 bits per heavy atom. The summed E-state index contributed by atoms with van der Waals surface area (Å²) in [4.78, 5) is 22.7. The smallest absolute Gasteiger partial charge is 0.163 e. The lowest BCUT2D eigenvalue weighted by Gasteiger charge is -2.10. The van der Waals surface area contributed by atoms with Crippen LogP contribution in [0.5, 0.6) is 0 Å². The molecule has 0 bridgehead atoms. The van der Waals surface area contributed by atoms with Gasteiger partial charge in [-0.3, -0.25) is 9.59 Å². The zero-order valence-corrected chi connectivity index (χ0v) is 12.7. The molecule has 1 unspecified atom stereocenters. The van der Waals surface area contributed by atoms with Crippen LogP contribution in [-0.2, 0) is 0 Å². The third kappa shape index (κ3) is 6.14. The topological polar surface area (TPSA) is 34.1 Å². The Hall–Kier alpha value is -1.44. The van der Waals surface area contributed by atoms with Crippen molar-refractivity contribution in [3.63, 3.8) is 0 Å². The highest BCUT2D eigenvalue weighted by atomic mass is 16.1. The zero-order valence-electron chi connectivity index (χ0n) is 12.7. The maximum absolute atomic E-state index is 12.1. The fourth-order valence-electron chi connectivity index (χ4n) is 2.38. The molecule has 0 amide bonds. The lowest BCUT2D eigenvalue weighted by atomic mass is 9.94. The average molecular weight is 274 g/mol. The molecule has 0 spiro atoms. The van der Waals surface area contributed by atoms with Crippen LogP contribution in [0.1, 0.15) is 79.5 Å². The van der Waals surface area contributed by atoms with E-state index >= 15 is 0 Å². The highest BCUT2D eigenvalue weighted by Gasteiger charge is 2.11. The summed E-state index contributed by atoms with van der Waals surface area (Å²) < 4.78 is 0. The van der Waals surface area contributed by atoms with E-state index in [1.54, 1.807) is 24.3 Å². The number of carbonyl (C=O) groups excluding carboxylic acids is 2. The lowest BCUT2D eigenvalue weighted by Crippen LogP contribution is -2.06. The summed E-state index contributed by atoms with van der Waals surface area (Å²) in [6.07, 6.45) is 8.92. The molecule has 0 saturated heterocycles. The molecule has 1 aromatic rings. The van der Waals surface area contributed by atoms with Gasteiger partial charge in [-0.1, -0.05) is 76.6 Å². The first kappa shape index (κ1) is 16.6. The lowest BCUT2D eigenvalue weighted by molar-refractivity contribution is 0.0961. The van der Waals surface area contributed by atoms with Gasteiger partial charge in [0.05, 0.1) is 0 Å². The standard InChI is InChI=1S/C18H26O2/c1-3-4-5-6-7-8-15(2)13-18(20)17-11-9-16(14-19)10-12-17/h9-12,14-15H,3-8,13H2,1-2H3. The van der Waals surface area contributed by atoms with Crippen molar-refractivity contribution in [3.05, 3.63) is 35.4 Å². The van der Waals surface area contributed by atoms with Gasteiger partial charge in [-0.05, 0) is 5.92 Å². The Kier molecular flexibility index (Phi) is 7.86. The van der Waals surface area contributed by atoms with Crippen LogP contribution in [0.15, 0.2) is 24.3 Å². The second-order valence-electron chi connectivity index (χ2n) is 5.68. The van der Waals surface area contributed by atoms with Crippen molar-refractivity contribution in [1.82, 2.24) is 0 Å². The number of ketones is 1. The summed E-state index contributed by atoms with van der Waals surface area (Å²) in [5.74, 6) is 0.624. The molecule has 2 nitrogen and oxygen atoms in total. The quantitative estimate of drug-likeness (QED) is 0.339. The van der Waals surface area contributed by atoms with Crippen LogP contribution in [0.2, 0.25) is 0 Å². The second kappa shape index (κ2) is 9.46. The molecule has 2 heteroatoms. The number of rotatable bonds is 10. The minimum absolute atomic E-state index is 0.184. The molecule has 0 radical (unpaired) electrons. The van der Waals surface area contributed by atoms with Gasteiger partial charge in [-0.25, -0.2) is 0 Å². The van der Waals surface area contributed by atoms with E-state index < -0.39 is 0 Å². The van der Waals surface area contributed by atoms with Crippen LogP contribution in [0.4, 0.5) is 0 Å². The van der Waals surface area contributed by atoms with Crippen molar-refractivity contribution < 1.29 is 9.59 Å². The van der Waals surface area contributed by atoms with Gasteiger partial charge < -0.3 is 0 Å². The van der Waals surface area contributed by atoms with Gasteiger partial charge in [0.15, 0.2) is 5.78 Å². The van der Waals surface area contributed by atoms with E-state index in [4.69, 9.17) is 0 Å². The predicted molar refractivity (Wildman–Crippen MR) is 83.3 cm³/mol. The molecular weight excluding hydrogens is 248 g/mol. The fraction of sp³-hybridized carbons (Fsp3) is 0.556. The van der Waals surface area contributed by atoms with Crippen LogP contribution >= 0.6 is 0 Å². The Labute approximate surface area is 122 Å². The first-order chi connectivity index (χ1) is 9.67. The van der Waals surface area contributed by atoms with E-state index in [0.717, 1.165) is 12.7 Å². The molecule has 0 fully saturated rings. The van der Waals surface area contributed by atoms with Crippen molar-refractivity contribution >= 4 is 12.1 Å². The number of benzene rings is 1. The van der Waals surface area contributed by atoms with Crippen LogP contribution in [0.3, 0.4) is 0 Å². The molecule has 1 atom stereocenters. The number of hydrogen-bond acceptors (Lipinski definition) is 2. The molecule has 20 heavy (non-hydrogen) atoms. The van der Waals surface area contributed by atoms with Gasteiger partial charge in [0, 0.05) is 17.5 Å². The van der Waals surface area contributed by atoms with Crippen molar-refractivity contribution in [2.24, 2.45) is 5.92 Å². The van der Waals surface area contributed by atoms with Gasteiger partial charge in [0.1, 0.15) is 6.29 Å². The van der Waals surface area contributed by atoms with E-state index in [9.17, 15) is 9.59 Å². The largest absolute Gasteiger partial charge is 0.298 e. The van der Waals surface area contributed by atoms with Crippen LogP contribution in [-0.4, -0.2) is 12.1 Å². The first-order valence-electron chi connectivity index (χ1n) is 7.75. The van der Waals surface area contributed by atoms with E-state index in [0.29, 0.717) is 23.5 Å². The third-order valence-electron chi connectivity index (χ3n) is 3.70. The van der Waals surface area contributed by atoms with E-state index in [1.165, 1.54) is 32.1 Å². The molecule has 0 saturated carbocycles. The Morgan fingerprint density at radius 2 is 1.75 bits per heavy atom. The molecule has 0 N–H and O–H groups in total. The van der Waals surface area contributed by atoms with Gasteiger partial charge >= 0.3 is 0 Å². The minimum atomic E-state index is 0.184. The highest BCUT2D eigenvalue weighted by Crippen LogP contribution is 2.17. The third-order valence-corrected chi connectivity index (χ3v) is 3.70. The maximum atomic E-state index is 12.1. The van der Waals surface area contributed by atoms with Gasteiger partial charge in [0.25, 0.3) is 0 Å². The first-order valence-corrected chi connectivity index (χ1v) is 7.75. The number of unbranched alkanes of at least 4 members (excludes halogenated alkanes) is 4. The normalized spacial score (nSPS) is 12.1. The SMILES string of the molecule is CCCCCCCC(C)CC(=O)c1ccc(C=O)cc1. The minimum Gasteiger partial charge on any atom is -0.298 e. The molecule has 0 aromatic heterocycles. The predicted octanol–water partition coefficient (Wildman–Crippen LogP) is 5.07. The summed E-state index contributed by atoms with van der Waals surface area (Å²) >= 11 is 0. The van der Waals surface area contributed by atoms with E-state index in [1.807, 2.05) is 0 Å².